The maximum Gasteiger partial charge on any atom is 0.400 e. The fourth-order valence-electron chi connectivity index (χ4n) is 0.434. The molecule has 6 N–H and O–H groups in total. The number of nitrogens with one attached hydrogen (secondary N) is 1. The minimum absolute atomic E-state index is 0.0712. The molecular weight excluding hydrogens is 270 g/mol. The molecule has 0 aliphatic carbocycles. The second-order valence-corrected chi connectivity index (χ2v) is 4.69. The van der Waals surface area contributed by atoms with Crippen LogP contribution in [0.15, 0.2) is 0 Å². The average molecular weight is 284 g/mol. The molecule has 17 heavy (non-hydrogen) atoms. The molecule has 0 radical (unpaired) electrons. The van der Waals surface area contributed by atoms with E-state index < -0.39 is 16.3 Å². The van der Waals surface area contributed by atoms with Crippen LogP contribution in [0.1, 0.15) is 12.8 Å². The molecule has 9 nitrogen and oxygen atoms in total. The Labute approximate surface area is 100.0 Å². The number of hydrogen-bond acceptors (Lipinski definition) is 7. The lowest BCUT2D eigenvalue weighted by Gasteiger charge is -2.01. The van der Waals surface area contributed by atoms with Crippen LogP contribution in [0.5, 0.6) is 0 Å². The molecule has 0 rings (SSSR count). The molecule has 0 spiro atoms. The zero-order chi connectivity index (χ0) is 13.7. The maximum atomic E-state index is 10.1. The molecule has 0 saturated heterocycles. The Morgan fingerprint density at radius 1 is 1.35 bits per heavy atom. The topological polar surface area (TPSA) is 173 Å². The highest BCUT2D eigenvalue weighted by Crippen LogP contribution is 2.30. The van der Waals surface area contributed by atoms with Crippen molar-refractivity contribution in [3.63, 3.8) is 0 Å². The number of rotatable bonds is 6. The Kier molecular flexibility index (Phi) is 13.1. The van der Waals surface area contributed by atoms with Crippen molar-refractivity contribution in [1.29, 1.82) is 10.5 Å². The predicted octanol–water partition coefficient (Wildman–Crippen LogP) is -0.323. The Hall–Kier alpha value is -0.600. The van der Waals surface area contributed by atoms with Crippen LogP contribution < -0.4 is 10.6 Å². The van der Waals surface area contributed by atoms with Crippen molar-refractivity contribution in [2.75, 3.05) is 13.2 Å². The molecule has 1 unspecified atom stereocenters. The summed E-state index contributed by atoms with van der Waals surface area (Å²) in [5.74, 6) is 0. The third kappa shape index (κ3) is 25.6. The summed E-state index contributed by atoms with van der Waals surface area (Å²) in [7, 11) is -5.86. The second-order valence-electron chi connectivity index (χ2n) is 2.41. The van der Waals surface area contributed by atoms with Gasteiger partial charge in [-0.2, -0.15) is 10.5 Å². The highest BCUT2D eigenvalue weighted by Gasteiger charge is 2.08. The first-order valence-corrected chi connectivity index (χ1v) is 7.14. The lowest BCUT2D eigenvalue weighted by atomic mass is 10.5. The van der Waals surface area contributed by atoms with Gasteiger partial charge in [-0.3, -0.25) is 4.52 Å². The van der Waals surface area contributed by atoms with E-state index >= 15 is 0 Å². The smallest absolute Gasteiger partial charge is 0.338 e. The third-order valence-corrected chi connectivity index (χ3v) is 2.04. The van der Waals surface area contributed by atoms with Crippen LogP contribution in [0.4, 0.5) is 0 Å². The summed E-state index contributed by atoms with van der Waals surface area (Å²) in [5.41, 5.74) is 4.56. The van der Waals surface area contributed by atoms with Crippen molar-refractivity contribution in [1.82, 2.24) is 5.09 Å². The van der Waals surface area contributed by atoms with E-state index in [1.54, 1.807) is 6.07 Å². The number of nitriles is 2. The van der Waals surface area contributed by atoms with Gasteiger partial charge in [0, 0.05) is 13.0 Å². The third-order valence-electron chi connectivity index (χ3n) is 0.980. The molecular formula is C6H14N4O5P2. The van der Waals surface area contributed by atoms with Gasteiger partial charge in [0.15, 0.2) is 0 Å². The zero-order valence-electron chi connectivity index (χ0n) is 8.85. The van der Waals surface area contributed by atoms with Gasteiger partial charge in [0.25, 0.3) is 0 Å². The van der Waals surface area contributed by atoms with Gasteiger partial charge in [-0.05, 0) is 0 Å². The van der Waals surface area contributed by atoms with Gasteiger partial charge in [-0.25, -0.2) is 15.2 Å². The standard InChI is InChI=1S/C3H7N2O3P.C3H7N2O2P/c4-2-1-3-8-9(5,6)7;4-2-1-3-5-8(6)7/h1,3H2,(H3,5,6,7);5-7H,1,3H2. The van der Waals surface area contributed by atoms with E-state index in [0.29, 0.717) is 13.0 Å². The normalized spacial score (nSPS) is 12.9. The zero-order valence-corrected chi connectivity index (χ0v) is 10.6. The first-order chi connectivity index (χ1) is 7.83. The largest absolute Gasteiger partial charge is 0.400 e. The summed E-state index contributed by atoms with van der Waals surface area (Å²) in [6.07, 6.45) is 0.377. The van der Waals surface area contributed by atoms with Gasteiger partial charge in [0.2, 0.25) is 8.53 Å². The van der Waals surface area contributed by atoms with Crippen molar-refractivity contribution >= 4 is 16.3 Å². The highest BCUT2D eigenvalue weighted by molar-refractivity contribution is 7.50. The van der Waals surface area contributed by atoms with E-state index in [-0.39, 0.29) is 13.0 Å². The van der Waals surface area contributed by atoms with E-state index in [1.165, 1.54) is 0 Å². The molecule has 0 aliphatic heterocycles. The van der Waals surface area contributed by atoms with Crippen LogP contribution in [0, 0.1) is 22.7 Å². The number of hydrogen-bond donors (Lipinski definition) is 5. The fourth-order valence-corrected chi connectivity index (χ4v) is 1.10. The molecule has 0 amide bonds. The van der Waals surface area contributed by atoms with Crippen LogP contribution in [0.25, 0.3) is 0 Å². The van der Waals surface area contributed by atoms with Gasteiger partial charge in [0.05, 0.1) is 25.2 Å². The molecule has 0 aromatic carbocycles. The van der Waals surface area contributed by atoms with Crippen LogP contribution in [-0.2, 0) is 9.09 Å². The van der Waals surface area contributed by atoms with Crippen molar-refractivity contribution in [2.24, 2.45) is 5.50 Å². The summed E-state index contributed by atoms with van der Waals surface area (Å²) in [6, 6.07) is 3.58. The average Bonchev–Trinajstić information content (AvgIpc) is 2.17. The van der Waals surface area contributed by atoms with Crippen LogP contribution >= 0.6 is 16.3 Å². The minimum atomic E-state index is -3.85. The molecule has 98 valence electrons. The van der Waals surface area contributed by atoms with E-state index in [1.807, 2.05) is 6.07 Å². The fraction of sp³-hybridized carbons (Fsp3) is 0.667. The SMILES string of the molecule is N#CCCNP(O)O.N#CCCOP(N)(=O)O. The number of nitrogens with two attached hydrogens (primary N) is 1. The van der Waals surface area contributed by atoms with E-state index in [0.717, 1.165) is 0 Å². The highest BCUT2D eigenvalue weighted by atomic mass is 31.2. The molecule has 0 heterocycles. The maximum absolute atomic E-state index is 10.1. The summed E-state index contributed by atoms with van der Waals surface area (Å²) < 4.78 is 14.2. The van der Waals surface area contributed by atoms with Crippen molar-refractivity contribution in [3.8, 4) is 12.1 Å². The van der Waals surface area contributed by atoms with Crippen LogP contribution in [0.3, 0.4) is 0 Å². The minimum Gasteiger partial charge on any atom is -0.338 e. The summed E-state index contributed by atoms with van der Waals surface area (Å²) in [6.45, 7) is 0.246. The first-order valence-electron chi connectivity index (χ1n) is 4.24. The van der Waals surface area contributed by atoms with Gasteiger partial charge in [0.1, 0.15) is 0 Å². The molecule has 0 saturated carbocycles. The predicted molar refractivity (Wildman–Crippen MR) is 59.8 cm³/mol. The Balaban J connectivity index is 0. The van der Waals surface area contributed by atoms with Crippen LogP contribution in [0.2, 0.25) is 0 Å². The quantitative estimate of drug-likeness (QED) is 0.323. The van der Waals surface area contributed by atoms with E-state index in [9.17, 15) is 4.57 Å². The lowest BCUT2D eigenvalue weighted by Crippen LogP contribution is -2.06. The van der Waals surface area contributed by atoms with Gasteiger partial charge < -0.3 is 14.7 Å². The Morgan fingerprint density at radius 2 is 1.88 bits per heavy atom. The molecule has 0 fully saturated rings. The lowest BCUT2D eigenvalue weighted by molar-refractivity contribution is 0.266. The van der Waals surface area contributed by atoms with Crippen molar-refractivity contribution in [3.05, 3.63) is 0 Å². The van der Waals surface area contributed by atoms with Gasteiger partial charge >= 0.3 is 7.75 Å². The molecule has 0 aromatic heterocycles. The van der Waals surface area contributed by atoms with E-state index in [2.05, 4.69) is 15.1 Å². The monoisotopic (exact) mass is 284 g/mol. The first kappa shape index (κ1) is 18.8. The second kappa shape index (κ2) is 11.9. The van der Waals surface area contributed by atoms with Gasteiger partial charge in [-0.15, -0.1) is 0 Å². The summed E-state index contributed by atoms with van der Waals surface area (Å²) in [5, 5.41) is 18.2. The molecule has 0 aromatic rings. The van der Waals surface area contributed by atoms with Crippen molar-refractivity contribution in [2.45, 2.75) is 12.8 Å². The Morgan fingerprint density at radius 3 is 2.24 bits per heavy atom. The Bertz CT molecular complexity index is 307. The van der Waals surface area contributed by atoms with Crippen LogP contribution in [-0.4, -0.2) is 27.8 Å². The molecule has 0 bridgehead atoms. The van der Waals surface area contributed by atoms with E-state index in [4.69, 9.17) is 25.2 Å². The van der Waals surface area contributed by atoms with Gasteiger partial charge in [-0.1, -0.05) is 0 Å². The summed E-state index contributed by atoms with van der Waals surface area (Å²) >= 11 is 0. The molecule has 1 atom stereocenters. The summed E-state index contributed by atoms with van der Waals surface area (Å²) in [4.78, 5) is 24.6. The molecule has 0 aliphatic rings. The number of nitrogens with zero attached hydrogens (tertiary/aromatic N) is 2. The molecule has 11 heteroatoms. The van der Waals surface area contributed by atoms with Crippen molar-refractivity contribution < 1.29 is 23.8 Å².